The molecule has 4 heterocycles. The number of hydrogen-bond donors (Lipinski definition) is 1. The molecule has 3 aromatic heterocycles. The second-order valence-electron chi connectivity index (χ2n) is 9.41. The van der Waals surface area contributed by atoms with Crippen molar-refractivity contribution in [1.29, 1.82) is 5.26 Å². The molecule has 1 atom stereocenters. The Morgan fingerprint density at radius 2 is 2.05 bits per heavy atom. The van der Waals surface area contributed by atoms with Crippen LogP contribution in [0.2, 0.25) is 0 Å². The summed E-state index contributed by atoms with van der Waals surface area (Å²) in [6.07, 6.45) is 2.22. The number of rotatable bonds is 9. The molecule has 0 amide bonds. The quantitative estimate of drug-likeness (QED) is 0.250. The number of pyridine rings is 1. The van der Waals surface area contributed by atoms with E-state index in [1.807, 2.05) is 10.6 Å². The van der Waals surface area contributed by atoms with Crippen molar-refractivity contribution in [2.24, 2.45) is 0 Å². The molecule has 0 spiro atoms. The maximum atomic E-state index is 15.4. The highest BCUT2D eigenvalue weighted by Crippen LogP contribution is 2.29. The molecule has 2 aromatic carbocycles. The molecule has 1 aliphatic heterocycles. The number of hydrogen-bond acceptors (Lipinski definition) is 8. The lowest BCUT2D eigenvalue weighted by atomic mass is 10.0. The molecule has 1 unspecified atom stereocenters. The third-order valence-electron chi connectivity index (χ3n) is 6.75. The highest BCUT2D eigenvalue weighted by molar-refractivity contribution is 7.12. The van der Waals surface area contributed by atoms with E-state index in [1.165, 1.54) is 29.7 Å². The molecular formula is C29H21F2N5O4S. The zero-order valence-electron chi connectivity index (χ0n) is 21.4. The predicted molar refractivity (Wildman–Crippen MR) is 145 cm³/mol. The van der Waals surface area contributed by atoms with Crippen molar-refractivity contribution in [1.82, 2.24) is 19.5 Å². The molecule has 0 saturated carbocycles. The maximum Gasteiger partial charge on any atom is 0.335 e. The summed E-state index contributed by atoms with van der Waals surface area (Å²) in [5, 5.41) is 19.0. The highest BCUT2D eigenvalue weighted by atomic mass is 32.1. The minimum atomic E-state index is -1.07. The number of carbonyl (C=O) groups is 1. The van der Waals surface area contributed by atoms with Gasteiger partial charge in [0.05, 0.1) is 41.1 Å². The molecule has 6 rings (SSSR count). The van der Waals surface area contributed by atoms with Crippen LogP contribution in [0.5, 0.6) is 5.88 Å². The molecular weight excluding hydrogens is 552 g/mol. The number of fused-ring (bicyclic) bond motifs is 1. The normalized spacial score (nSPS) is 14.5. The van der Waals surface area contributed by atoms with Gasteiger partial charge in [-0.1, -0.05) is 6.07 Å². The number of imidazole rings is 1. The van der Waals surface area contributed by atoms with E-state index < -0.39 is 17.6 Å². The Kier molecular flexibility index (Phi) is 7.13. The van der Waals surface area contributed by atoms with Crippen molar-refractivity contribution >= 4 is 28.3 Å². The van der Waals surface area contributed by atoms with Gasteiger partial charge in [0, 0.05) is 24.7 Å². The van der Waals surface area contributed by atoms with Crippen molar-refractivity contribution in [3.05, 3.63) is 93.2 Å². The van der Waals surface area contributed by atoms with Gasteiger partial charge in [-0.05, 0) is 48.4 Å². The fourth-order valence-electron chi connectivity index (χ4n) is 4.58. The van der Waals surface area contributed by atoms with Crippen LogP contribution >= 0.6 is 11.3 Å². The van der Waals surface area contributed by atoms with Gasteiger partial charge < -0.3 is 19.1 Å². The highest BCUT2D eigenvalue weighted by Gasteiger charge is 2.23. The van der Waals surface area contributed by atoms with Crippen LogP contribution in [0.4, 0.5) is 8.78 Å². The van der Waals surface area contributed by atoms with Crippen LogP contribution in [0.25, 0.3) is 22.3 Å². The summed E-state index contributed by atoms with van der Waals surface area (Å²) < 4.78 is 43.8. The van der Waals surface area contributed by atoms with Gasteiger partial charge >= 0.3 is 5.97 Å². The fraction of sp³-hybridized carbons (Fsp3) is 0.207. The van der Waals surface area contributed by atoms with Crippen LogP contribution in [0.1, 0.15) is 38.1 Å². The third kappa shape index (κ3) is 5.50. The molecule has 1 fully saturated rings. The number of carboxylic acids is 1. The largest absolute Gasteiger partial charge is 0.478 e. The van der Waals surface area contributed by atoms with E-state index in [0.29, 0.717) is 39.9 Å². The first-order valence-corrected chi connectivity index (χ1v) is 13.5. The van der Waals surface area contributed by atoms with Crippen LogP contribution in [0, 0.1) is 23.0 Å². The number of nitriles is 1. The van der Waals surface area contributed by atoms with Gasteiger partial charge in [0.2, 0.25) is 5.88 Å². The predicted octanol–water partition coefficient (Wildman–Crippen LogP) is 5.36. The zero-order valence-corrected chi connectivity index (χ0v) is 22.2. The van der Waals surface area contributed by atoms with Crippen LogP contribution in [-0.2, 0) is 24.3 Å². The second kappa shape index (κ2) is 11.0. The average Bonchev–Trinajstić information content (AvgIpc) is 3.55. The van der Waals surface area contributed by atoms with Crippen LogP contribution < -0.4 is 4.74 Å². The fourth-order valence-corrected chi connectivity index (χ4v) is 5.20. The SMILES string of the molecule is N#Cc1cnc(COc2cccc(-c3cc(F)c(Cc4nc5ccc(C(=O)O)cc5n4CC4CCO4)cc3F)n2)s1. The Labute approximate surface area is 236 Å². The summed E-state index contributed by atoms with van der Waals surface area (Å²) >= 11 is 1.20. The van der Waals surface area contributed by atoms with Crippen LogP contribution in [0.3, 0.4) is 0 Å². The second-order valence-corrected chi connectivity index (χ2v) is 10.5. The average molecular weight is 574 g/mol. The molecule has 5 aromatic rings. The summed E-state index contributed by atoms with van der Waals surface area (Å²) in [4.78, 5) is 25.0. The van der Waals surface area contributed by atoms with E-state index in [-0.39, 0.29) is 47.4 Å². The number of aromatic nitrogens is 4. The van der Waals surface area contributed by atoms with Gasteiger partial charge in [-0.25, -0.2) is 28.5 Å². The smallest absolute Gasteiger partial charge is 0.335 e. The van der Waals surface area contributed by atoms with Crippen molar-refractivity contribution in [3.8, 4) is 23.2 Å². The lowest BCUT2D eigenvalue weighted by Gasteiger charge is -2.27. The van der Waals surface area contributed by atoms with Gasteiger partial charge in [-0.15, -0.1) is 11.3 Å². The van der Waals surface area contributed by atoms with E-state index >= 15 is 8.78 Å². The Morgan fingerprint density at radius 3 is 2.78 bits per heavy atom. The molecule has 9 nitrogen and oxygen atoms in total. The molecule has 206 valence electrons. The lowest BCUT2D eigenvalue weighted by molar-refractivity contribution is -0.0589. The zero-order chi connectivity index (χ0) is 28.5. The van der Waals surface area contributed by atoms with Crippen LogP contribution in [0.15, 0.2) is 54.7 Å². The van der Waals surface area contributed by atoms with Gasteiger partial charge in [0.25, 0.3) is 0 Å². The Bertz CT molecular complexity index is 1830. The summed E-state index contributed by atoms with van der Waals surface area (Å²) in [6.45, 7) is 1.15. The van der Waals surface area contributed by atoms with Gasteiger partial charge in [0.1, 0.15) is 40.0 Å². The maximum absolute atomic E-state index is 15.4. The molecule has 1 saturated heterocycles. The van der Waals surface area contributed by atoms with Crippen molar-refractivity contribution < 1.29 is 28.2 Å². The van der Waals surface area contributed by atoms with Crippen molar-refractivity contribution in [2.45, 2.75) is 32.1 Å². The lowest BCUT2D eigenvalue weighted by Crippen LogP contribution is -2.31. The molecule has 0 radical (unpaired) electrons. The Morgan fingerprint density at radius 1 is 1.20 bits per heavy atom. The Balaban J connectivity index is 1.27. The first-order valence-electron chi connectivity index (χ1n) is 12.6. The summed E-state index contributed by atoms with van der Waals surface area (Å²) in [5.74, 6) is -1.69. The molecule has 41 heavy (non-hydrogen) atoms. The van der Waals surface area contributed by atoms with Crippen LogP contribution in [-0.4, -0.2) is 43.3 Å². The summed E-state index contributed by atoms with van der Waals surface area (Å²) in [5.41, 5.74) is 1.52. The first kappa shape index (κ1) is 26.5. The number of halogens is 2. The number of benzene rings is 2. The number of thiazole rings is 1. The van der Waals surface area contributed by atoms with Gasteiger partial charge in [-0.2, -0.15) is 5.26 Å². The van der Waals surface area contributed by atoms with E-state index in [4.69, 9.17) is 14.7 Å². The van der Waals surface area contributed by atoms with E-state index in [9.17, 15) is 9.90 Å². The minimum absolute atomic E-state index is 0.0120. The topological polar surface area (TPSA) is 123 Å². The molecule has 0 bridgehead atoms. The van der Waals surface area contributed by atoms with Gasteiger partial charge in [0.15, 0.2) is 0 Å². The molecule has 1 aliphatic rings. The van der Waals surface area contributed by atoms with E-state index in [1.54, 1.807) is 24.3 Å². The number of ether oxygens (including phenoxy) is 2. The monoisotopic (exact) mass is 573 g/mol. The number of nitrogens with zero attached hydrogens (tertiary/aromatic N) is 5. The van der Waals surface area contributed by atoms with E-state index in [2.05, 4.69) is 15.0 Å². The molecule has 0 aliphatic carbocycles. The summed E-state index contributed by atoms with van der Waals surface area (Å²) in [6, 6.07) is 13.6. The first-order chi connectivity index (χ1) is 19.9. The number of aromatic carboxylic acids is 1. The third-order valence-corrected chi connectivity index (χ3v) is 7.62. The Hall–Kier alpha value is -4.73. The van der Waals surface area contributed by atoms with Gasteiger partial charge in [-0.3, -0.25) is 0 Å². The molecule has 1 N–H and O–H groups in total. The van der Waals surface area contributed by atoms with Crippen molar-refractivity contribution in [2.75, 3.05) is 6.61 Å². The summed E-state index contributed by atoms with van der Waals surface area (Å²) in [7, 11) is 0. The van der Waals surface area contributed by atoms with E-state index in [0.717, 1.165) is 18.6 Å². The van der Waals surface area contributed by atoms with Crippen molar-refractivity contribution in [3.63, 3.8) is 0 Å². The number of carboxylic acid groups (broad SMARTS) is 1. The standard InChI is InChI=1S/C29H21F2N5O4S/c30-21-11-20(23-2-1-3-27(35-23)40-15-28-33-13-19(12-32)41-28)22(31)8-17(21)10-26-34-24-5-4-16(29(37)38)9-25(24)36(26)14-18-6-7-39-18/h1-5,8-9,11,13,18H,6-7,10,14-15H2,(H,37,38). The molecule has 12 heteroatoms. The minimum Gasteiger partial charge on any atom is -0.478 e.